The summed E-state index contributed by atoms with van der Waals surface area (Å²) in [6.07, 6.45) is 1.33. The number of methoxy groups -OCH3 is 1. The second kappa shape index (κ2) is 5.56. The Hall–Kier alpha value is -2.30. The molecule has 19 heavy (non-hydrogen) atoms. The quantitative estimate of drug-likeness (QED) is 0.792. The first-order chi connectivity index (χ1) is 9.10. The van der Waals surface area contributed by atoms with Crippen LogP contribution in [-0.4, -0.2) is 22.9 Å². The molecule has 0 saturated carbocycles. The van der Waals surface area contributed by atoms with E-state index in [2.05, 4.69) is 9.97 Å². The molecule has 0 N–H and O–H groups in total. The molecule has 0 saturated heterocycles. The van der Waals surface area contributed by atoms with Crippen LogP contribution in [0.1, 0.15) is 21.6 Å². The Morgan fingerprint density at radius 2 is 2.11 bits per heavy atom. The molecule has 0 amide bonds. The monoisotopic (exact) mass is 260 g/mol. The predicted molar refractivity (Wildman–Crippen MR) is 67.8 cm³/mol. The van der Waals surface area contributed by atoms with Gasteiger partial charge in [0, 0.05) is 6.07 Å². The maximum Gasteiger partial charge on any atom is 0.216 e. The molecule has 1 aromatic carbocycles. The summed E-state index contributed by atoms with van der Waals surface area (Å²) in [4.78, 5) is 19.9. The minimum absolute atomic E-state index is 0.0131. The lowest BCUT2D eigenvalue weighted by Gasteiger charge is -2.04. The zero-order valence-corrected chi connectivity index (χ0v) is 10.7. The first-order valence-electron chi connectivity index (χ1n) is 5.74. The summed E-state index contributed by atoms with van der Waals surface area (Å²) in [6.45, 7) is 1.81. The number of carbonyl (C=O) groups is 1. The summed E-state index contributed by atoms with van der Waals surface area (Å²) < 4.78 is 18.5. The van der Waals surface area contributed by atoms with Crippen LogP contribution in [0.3, 0.4) is 0 Å². The van der Waals surface area contributed by atoms with E-state index in [4.69, 9.17) is 4.74 Å². The highest BCUT2D eigenvalue weighted by atomic mass is 19.1. The molecule has 0 atom stereocenters. The fourth-order valence-corrected chi connectivity index (χ4v) is 1.70. The number of Topliss-reactive ketones (excluding diaryl/α,β-unsaturated/α-hetero) is 1. The minimum atomic E-state index is -0.517. The van der Waals surface area contributed by atoms with Crippen LogP contribution in [0, 0.1) is 12.7 Å². The average Bonchev–Trinajstić information content (AvgIpc) is 2.41. The molecular weight excluding hydrogens is 247 g/mol. The topological polar surface area (TPSA) is 52.1 Å². The SMILES string of the molecule is COc1cc(CC(=O)c2cc(C)ccc2F)ncn1. The van der Waals surface area contributed by atoms with Crippen LogP contribution < -0.4 is 4.74 Å². The van der Waals surface area contributed by atoms with Gasteiger partial charge in [0.1, 0.15) is 12.1 Å². The van der Waals surface area contributed by atoms with E-state index in [0.29, 0.717) is 11.6 Å². The van der Waals surface area contributed by atoms with Crippen molar-refractivity contribution < 1.29 is 13.9 Å². The number of hydrogen-bond donors (Lipinski definition) is 0. The second-order valence-electron chi connectivity index (χ2n) is 4.13. The van der Waals surface area contributed by atoms with Gasteiger partial charge in [0.15, 0.2) is 5.78 Å². The van der Waals surface area contributed by atoms with Crippen LogP contribution in [0.15, 0.2) is 30.6 Å². The van der Waals surface area contributed by atoms with Crippen molar-refractivity contribution in [3.8, 4) is 5.88 Å². The Kier molecular flexibility index (Phi) is 3.85. The number of ether oxygens (including phenoxy) is 1. The molecule has 0 unspecified atom stereocenters. The Bertz CT molecular complexity index is 614. The molecule has 0 aliphatic rings. The molecule has 0 radical (unpaired) electrons. The number of aromatic nitrogens is 2. The maximum absolute atomic E-state index is 13.6. The van der Waals surface area contributed by atoms with Gasteiger partial charge in [0.2, 0.25) is 5.88 Å². The number of hydrogen-bond acceptors (Lipinski definition) is 4. The highest BCUT2D eigenvalue weighted by Crippen LogP contribution is 2.14. The fourth-order valence-electron chi connectivity index (χ4n) is 1.70. The van der Waals surface area contributed by atoms with Gasteiger partial charge in [-0.05, 0) is 19.1 Å². The van der Waals surface area contributed by atoms with Crippen LogP contribution >= 0.6 is 0 Å². The number of halogens is 1. The smallest absolute Gasteiger partial charge is 0.216 e. The molecule has 1 aromatic heterocycles. The van der Waals surface area contributed by atoms with Crippen molar-refractivity contribution in [1.29, 1.82) is 0 Å². The van der Waals surface area contributed by atoms with E-state index in [-0.39, 0.29) is 17.8 Å². The molecule has 0 spiro atoms. The molecule has 5 heteroatoms. The molecule has 0 fully saturated rings. The summed E-state index contributed by atoms with van der Waals surface area (Å²) in [5.41, 5.74) is 1.42. The van der Waals surface area contributed by atoms with Crippen molar-refractivity contribution in [2.24, 2.45) is 0 Å². The molecule has 0 aliphatic heterocycles. The van der Waals surface area contributed by atoms with Crippen LogP contribution in [0.5, 0.6) is 5.88 Å². The van der Waals surface area contributed by atoms with Crippen molar-refractivity contribution in [3.63, 3.8) is 0 Å². The van der Waals surface area contributed by atoms with Gasteiger partial charge in [-0.1, -0.05) is 11.6 Å². The summed E-state index contributed by atoms with van der Waals surface area (Å²) in [7, 11) is 1.48. The zero-order chi connectivity index (χ0) is 13.8. The van der Waals surface area contributed by atoms with Gasteiger partial charge in [-0.15, -0.1) is 0 Å². The summed E-state index contributed by atoms with van der Waals surface area (Å²) in [5.74, 6) is -0.457. The summed E-state index contributed by atoms with van der Waals surface area (Å²) in [6, 6.07) is 6.02. The molecule has 2 rings (SSSR count). The first kappa shape index (κ1) is 13.1. The number of carbonyl (C=O) groups excluding carboxylic acids is 1. The van der Waals surface area contributed by atoms with E-state index in [1.807, 2.05) is 6.92 Å². The second-order valence-corrected chi connectivity index (χ2v) is 4.13. The third-order valence-electron chi connectivity index (χ3n) is 2.67. The molecule has 1 heterocycles. The van der Waals surface area contributed by atoms with E-state index in [9.17, 15) is 9.18 Å². The van der Waals surface area contributed by atoms with Gasteiger partial charge in [-0.2, -0.15) is 0 Å². The van der Waals surface area contributed by atoms with Crippen molar-refractivity contribution in [2.45, 2.75) is 13.3 Å². The number of rotatable bonds is 4. The third kappa shape index (κ3) is 3.13. The standard InChI is InChI=1S/C14H13FN2O2/c1-9-3-4-12(15)11(5-9)13(18)6-10-7-14(19-2)17-8-16-10/h3-5,7-8H,6H2,1-2H3. The van der Waals surface area contributed by atoms with Crippen LogP contribution in [0.2, 0.25) is 0 Å². The zero-order valence-electron chi connectivity index (χ0n) is 10.7. The van der Waals surface area contributed by atoms with E-state index in [1.165, 1.54) is 25.6 Å². The predicted octanol–water partition coefficient (Wildman–Crippen LogP) is 2.36. The van der Waals surface area contributed by atoms with Crippen molar-refractivity contribution >= 4 is 5.78 Å². The molecule has 4 nitrogen and oxygen atoms in total. The normalized spacial score (nSPS) is 10.3. The third-order valence-corrected chi connectivity index (χ3v) is 2.67. The van der Waals surface area contributed by atoms with E-state index >= 15 is 0 Å². The lowest BCUT2D eigenvalue weighted by atomic mass is 10.0. The average molecular weight is 260 g/mol. The van der Waals surface area contributed by atoms with Gasteiger partial charge in [0.25, 0.3) is 0 Å². The lowest BCUT2D eigenvalue weighted by molar-refractivity contribution is 0.0988. The van der Waals surface area contributed by atoms with Gasteiger partial charge < -0.3 is 4.74 Å². The van der Waals surface area contributed by atoms with Gasteiger partial charge >= 0.3 is 0 Å². The largest absolute Gasteiger partial charge is 0.481 e. The Balaban J connectivity index is 2.23. The van der Waals surface area contributed by atoms with Gasteiger partial charge in [-0.3, -0.25) is 4.79 Å². The molecule has 0 aliphatic carbocycles. The van der Waals surface area contributed by atoms with Crippen LogP contribution in [0.25, 0.3) is 0 Å². The summed E-state index contributed by atoms with van der Waals surface area (Å²) >= 11 is 0. The lowest BCUT2D eigenvalue weighted by Crippen LogP contribution is -2.08. The Labute approximate surface area is 110 Å². The van der Waals surface area contributed by atoms with Crippen molar-refractivity contribution in [1.82, 2.24) is 9.97 Å². The molecule has 0 bridgehead atoms. The van der Waals surface area contributed by atoms with Crippen molar-refractivity contribution in [3.05, 3.63) is 53.2 Å². The molecule has 2 aromatic rings. The molecule has 98 valence electrons. The van der Waals surface area contributed by atoms with E-state index < -0.39 is 5.82 Å². The van der Waals surface area contributed by atoms with Gasteiger partial charge in [-0.25, -0.2) is 14.4 Å². The molecular formula is C14H13FN2O2. The Morgan fingerprint density at radius 3 is 2.84 bits per heavy atom. The van der Waals surface area contributed by atoms with Gasteiger partial charge in [0.05, 0.1) is 24.8 Å². The van der Waals surface area contributed by atoms with Crippen LogP contribution in [0.4, 0.5) is 4.39 Å². The number of nitrogens with zero attached hydrogens (tertiary/aromatic N) is 2. The Morgan fingerprint density at radius 1 is 1.32 bits per heavy atom. The number of aryl methyl sites for hydroxylation is 1. The van der Waals surface area contributed by atoms with Crippen LogP contribution in [-0.2, 0) is 6.42 Å². The van der Waals surface area contributed by atoms with Crippen molar-refractivity contribution in [2.75, 3.05) is 7.11 Å². The van der Waals surface area contributed by atoms with E-state index in [1.54, 1.807) is 12.1 Å². The number of ketones is 1. The summed E-state index contributed by atoms with van der Waals surface area (Å²) in [5, 5.41) is 0. The highest BCUT2D eigenvalue weighted by Gasteiger charge is 2.13. The highest BCUT2D eigenvalue weighted by molar-refractivity contribution is 5.97. The number of benzene rings is 1. The van der Waals surface area contributed by atoms with E-state index in [0.717, 1.165) is 5.56 Å². The minimum Gasteiger partial charge on any atom is -0.481 e. The first-order valence-corrected chi connectivity index (χ1v) is 5.74. The fraction of sp³-hybridized carbons (Fsp3) is 0.214. The maximum atomic E-state index is 13.6.